The second-order valence-electron chi connectivity index (χ2n) is 5.20. The molecule has 112 valence electrons. The largest absolute Gasteiger partial charge is 0.374 e. The number of morpholine rings is 1. The molecule has 1 saturated heterocycles. The van der Waals surface area contributed by atoms with Crippen LogP contribution < -0.4 is 10.6 Å². The fraction of sp³-hybridized carbons (Fsp3) is 0.929. The SMILES string of the molecule is CCNCCN1CCO[C@@H](CNC(=O)C(C)CC)C1. The van der Waals surface area contributed by atoms with Crippen molar-refractivity contribution >= 4 is 5.91 Å². The highest BCUT2D eigenvalue weighted by Gasteiger charge is 2.21. The van der Waals surface area contributed by atoms with Crippen molar-refractivity contribution in [2.75, 3.05) is 45.9 Å². The number of carbonyl (C=O) groups is 1. The molecule has 2 atom stereocenters. The lowest BCUT2D eigenvalue weighted by Crippen LogP contribution is -2.49. The van der Waals surface area contributed by atoms with E-state index in [0.29, 0.717) is 6.54 Å². The first-order valence-corrected chi connectivity index (χ1v) is 7.49. The summed E-state index contributed by atoms with van der Waals surface area (Å²) in [6.45, 7) is 12.5. The van der Waals surface area contributed by atoms with E-state index in [1.165, 1.54) is 0 Å². The zero-order valence-electron chi connectivity index (χ0n) is 12.6. The lowest BCUT2D eigenvalue weighted by atomic mass is 10.1. The van der Waals surface area contributed by atoms with Gasteiger partial charge in [-0.25, -0.2) is 0 Å². The molecule has 1 fully saturated rings. The first-order valence-electron chi connectivity index (χ1n) is 7.49. The lowest BCUT2D eigenvalue weighted by molar-refractivity contribution is -0.125. The van der Waals surface area contributed by atoms with Crippen LogP contribution in [0.1, 0.15) is 27.2 Å². The van der Waals surface area contributed by atoms with Crippen LogP contribution in [0.5, 0.6) is 0 Å². The third-order valence-corrected chi connectivity index (χ3v) is 3.64. The fourth-order valence-corrected chi connectivity index (χ4v) is 2.10. The maximum Gasteiger partial charge on any atom is 0.222 e. The molecular formula is C14H29N3O2. The Morgan fingerprint density at radius 3 is 2.95 bits per heavy atom. The molecule has 1 aliphatic heterocycles. The molecule has 1 heterocycles. The van der Waals surface area contributed by atoms with Crippen molar-refractivity contribution in [2.24, 2.45) is 5.92 Å². The van der Waals surface area contributed by atoms with Gasteiger partial charge in [-0.1, -0.05) is 20.8 Å². The van der Waals surface area contributed by atoms with Gasteiger partial charge in [-0.3, -0.25) is 9.69 Å². The number of nitrogens with one attached hydrogen (secondary N) is 2. The van der Waals surface area contributed by atoms with E-state index in [1.807, 2.05) is 13.8 Å². The molecule has 0 aromatic rings. The Morgan fingerprint density at radius 2 is 2.26 bits per heavy atom. The molecule has 0 spiro atoms. The van der Waals surface area contributed by atoms with Crippen LogP contribution in [0.4, 0.5) is 0 Å². The van der Waals surface area contributed by atoms with Crippen LogP contribution in [0, 0.1) is 5.92 Å². The van der Waals surface area contributed by atoms with E-state index in [-0.39, 0.29) is 17.9 Å². The van der Waals surface area contributed by atoms with Gasteiger partial charge >= 0.3 is 0 Å². The number of nitrogens with zero attached hydrogens (tertiary/aromatic N) is 1. The molecule has 0 bridgehead atoms. The van der Waals surface area contributed by atoms with Gasteiger partial charge in [0.2, 0.25) is 5.91 Å². The topological polar surface area (TPSA) is 53.6 Å². The number of hydrogen-bond donors (Lipinski definition) is 2. The van der Waals surface area contributed by atoms with Crippen LogP contribution in [-0.4, -0.2) is 62.8 Å². The molecule has 19 heavy (non-hydrogen) atoms. The van der Waals surface area contributed by atoms with Gasteiger partial charge in [0.05, 0.1) is 12.7 Å². The van der Waals surface area contributed by atoms with Crippen molar-refractivity contribution in [1.29, 1.82) is 0 Å². The van der Waals surface area contributed by atoms with E-state index in [4.69, 9.17) is 4.74 Å². The summed E-state index contributed by atoms with van der Waals surface area (Å²) in [5.74, 6) is 0.226. The van der Waals surface area contributed by atoms with E-state index in [9.17, 15) is 4.79 Å². The summed E-state index contributed by atoms with van der Waals surface area (Å²) in [7, 11) is 0. The molecule has 0 radical (unpaired) electrons. The van der Waals surface area contributed by atoms with E-state index in [0.717, 1.165) is 45.8 Å². The Hall–Kier alpha value is -0.650. The highest BCUT2D eigenvalue weighted by atomic mass is 16.5. The molecule has 0 aliphatic carbocycles. The smallest absolute Gasteiger partial charge is 0.222 e. The monoisotopic (exact) mass is 271 g/mol. The number of rotatable bonds is 8. The maximum atomic E-state index is 11.7. The van der Waals surface area contributed by atoms with Gasteiger partial charge in [-0.2, -0.15) is 0 Å². The summed E-state index contributed by atoms with van der Waals surface area (Å²) in [5.41, 5.74) is 0. The maximum absolute atomic E-state index is 11.7. The van der Waals surface area contributed by atoms with Crippen molar-refractivity contribution < 1.29 is 9.53 Å². The fourth-order valence-electron chi connectivity index (χ4n) is 2.10. The molecule has 5 nitrogen and oxygen atoms in total. The molecule has 1 rings (SSSR count). The predicted molar refractivity (Wildman–Crippen MR) is 77.2 cm³/mol. The van der Waals surface area contributed by atoms with Crippen molar-refractivity contribution in [3.63, 3.8) is 0 Å². The minimum absolute atomic E-state index is 0.0912. The summed E-state index contributed by atoms with van der Waals surface area (Å²) >= 11 is 0. The third-order valence-electron chi connectivity index (χ3n) is 3.64. The molecule has 2 N–H and O–H groups in total. The van der Waals surface area contributed by atoms with Crippen LogP contribution in [0.2, 0.25) is 0 Å². The number of likely N-dealkylation sites (N-methyl/N-ethyl adjacent to an activating group) is 1. The Balaban J connectivity index is 2.21. The summed E-state index contributed by atoms with van der Waals surface area (Å²) in [6, 6.07) is 0. The summed E-state index contributed by atoms with van der Waals surface area (Å²) in [5, 5.41) is 6.32. The standard InChI is InChI=1S/C14H29N3O2/c1-4-12(3)14(18)16-10-13-11-17(8-9-19-13)7-6-15-5-2/h12-13,15H,4-11H2,1-3H3,(H,16,18)/t12?,13-/m0/s1. The number of ether oxygens (including phenoxy) is 1. The highest BCUT2D eigenvalue weighted by Crippen LogP contribution is 2.05. The molecule has 1 unspecified atom stereocenters. The molecule has 5 heteroatoms. The molecule has 0 aromatic carbocycles. The van der Waals surface area contributed by atoms with Crippen molar-refractivity contribution in [3.05, 3.63) is 0 Å². The minimum atomic E-state index is 0.0912. The molecule has 0 saturated carbocycles. The van der Waals surface area contributed by atoms with Gasteiger partial charge in [-0.15, -0.1) is 0 Å². The van der Waals surface area contributed by atoms with Crippen LogP contribution in [-0.2, 0) is 9.53 Å². The minimum Gasteiger partial charge on any atom is -0.374 e. The van der Waals surface area contributed by atoms with Crippen LogP contribution >= 0.6 is 0 Å². The normalized spacial score (nSPS) is 22.2. The van der Waals surface area contributed by atoms with Crippen LogP contribution in [0.15, 0.2) is 0 Å². The zero-order valence-corrected chi connectivity index (χ0v) is 12.6. The average Bonchev–Trinajstić information content (AvgIpc) is 2.44. The second-order valence-corrected chi connectivity index (χ2v) is 5.20. The number of amides is 1. The average molecular weight is 271 g/mol. The Kier molecular flexibility index (Phi) is 8.02. The second kappa shape index (κ2) is 9.28. The van der Waals surface area contributed by atoms with E-state index >= 15 is 0 Å². The van der Waals surface area contributed by atoms with Gasteiger partial charge in [0.1, 0.15) is 0 Å². The lowest BCUT2D eigenvalue weighted by Gasteiger charge is -2.33. The molecule has 0 aromatic heterocycles. The van der Waals surface area contributed by atoms with Gasteiger partial charge in [0, 0.05) is 38.6 Å². The summed E-state index contributed by atoms with van der Waals surface area (Å²) in [6.07, 6.45) is 1.01. The predicted octanol–water partition coefficient (Wildman–Crippen LogP) is 0.459. The Bertz CT molecular complexity index is 261. The Labute approximate surface area is 117 Å². The quantitative estimate of drug-likeness (QED) is 0.630. The summed E-state index contributed by atoms with van der Waals surface area (Å²) < 4.78 is 5.70. The van der Waals surface area contributed by atoms with Gasteiger partial charge < -0.3 is 15.4 Å². The first-order chi connectivity index (χ1) is 9.17. The van der Waals surface area contributed by atoms with Gasteiger partial charge in [0.15, 0.2) is 0 Å². The van der Waals surface area contributed by atoms with E-state index < -0.39 is 0 Å². The van der Waals surface area contributed by atoms with Crippen LogP contribution in [0.25, 0.3) is 0 Å². The zero-order chi connectivity index (χ0) is 14.1. The number of hydrogen-bond acceptors (Lipinski definition) is 4. The summed E-state index contributed by atoms with van der Waals surface area (Å²) in [4.78, 5) is 14.1. The third kappa shape index (κ3) is 6.36. The van der Waals surface area contributed by atoms with Crippen LogP contribution in [0.3, 0.4) is 0 Å². The molecule has 1 aliphatic rings. The number of carbonyl (C=O) groups excluding carboxylic acids is 1. The van der Waals surface area contributed by atoms with Gasteiger partial charge in [0.25, 0.3) is 0 Å². The first kappa shape index (κ1) is 16.4. The molecular weight excluding hydrogens is 242 g/mol. The van der Waals surface area contributed by atoms with Gasteiger partial charge in [-0.05, 0) is 13.0 Å². The van der Waals surface area contributed by atoms with Crippen molar-refractivity contribution in [2.45, 2.75) is 33.3 Å². The van der Waals surface area contributed by atoms with Crippen molar-refractivity contribution in [1.82, 2.24) is 15.5 Å². The van der Waals surface area contributed by atoms with E-state index in [2.05, 4.69) is 22.5 Å². The molecule has 1 amide bonds. The van der Waals surface area contributed by atoms with Crippen molar-refractivity contribution in [3.8, 4) is 0 Å². The highest BCUT2D eigenvalue weighted by molar-refractivity contribution is 5.78. The van der Waals surface area contributed by atoms with E-state index in [1.54, 1.807) is 0 Å². The Morgan fingerprint density at radius 1 is 1.47 bits per heavy atom.